The number of benzene rings is 1. The van der Waals surface area contributed by atoms with Crippen molar-refractivity contribution in [1.29, 1.82) is 0 Å². The number of aromatic carboxylic acids is 2. The van der Waals surface area contributed by atoms with E-state index in [0.717, 1.165) is 11.4 Å². The first-order valence-electron chi connectivity index (χ1n) is 6.05. The van der Waals surface area contributed by atoms with Gasteiger partial charge in [-0.25, -0.2) is 9.59 Å². The van der Waals surface area contributed by atoms with Gasteiger partial charge < -0.3 is 10.2 Å². The lowest BCUT2D eigenvalue weighted by Crippen LogP contribution is -2.38. The maximum Gasteiger partial charge on any atom is 0.484 e. The van der Waals surface area contributed by atoms with Crippen molar-refractivity contribution >= 4 is 17.8 Å². The maximum atomic E-state index is 11.4. The summed E-state index contributed by atoms with van der Waals surface area (Å²) in [6.07, 6.45) is -3.39. The molecule has 0 aliphatic heterocycles. The summed E-state index contributed by atoms with van der Waals surface area (Å²) in [5.74, 6) is -3.54. The molecule has 0 aromatic heterocycles. The molecule has 2 rings (SSSR count). The van der Waals surface area contributed by atoms with Crippen molar-refractivity contribution in [3.05, 3.63) is 35.4 Å². The Morgan fingerprint density at radius 3 is 1.82 bits per heavy atom. The summed E-state index contributed by atoms with van der Waals surface area (Å²) in [5, 5.41) is 17.9. The molecule has 1 fully saturated rings. The maximum absolute atomic E-state index is 11.4. The fourth-order valence-corrected chi connectivity index (χ4v) is 1.37. The Labute approximate surface area is 122 Å². The van der Waals surface area contributed by atoms with Crippen LogP contribution in [0.5, 0.6) is 0 Å². The van der Waals surface area contributed by atoms with Gasteiger partial charge in [0.2, 0.25) is 5.91 Å². The van der Waals surface area contributed by atoms with Gasteiger partial charge in [-0.05, 0) is 31.0 Å². The molecule has 1 aliphatic carbocycles. The van der Waals surface area contributed by atoms with Crippen LogP contribution in [0.1, 0.15) is 33.6 Å². The second-order valence-corrected chi connectivity index (χ2v) is 4.45. The fraction of sp³-hybridized carbons (Fsp3) is 0.308. The summed E-state index contributed by atoms with van der Waals surface area (Å²) in [7, 11) is 0. The minimum absolute atomic E-state index is 0.0186. The molecule has 0 saturated heterocycles. The van der Waals surface area contributed by atoms with Crippen LogP contribution in [0.4, 0.5) is 13.2 Å². The van der Waals surface area contributed by atoms with Crippen LogP contribution in [0.25, 0.3) is 0 Å². The molecule has 0 atom stereocenters. The Kier molecular flexibility index (Phi) is 5.50. The number of alkyl halides is 3. The molecule has 1 amide bonds. The zero-order chi connectivity index (χ0) is 16.9. The number of carbonyl (C=O) groups is 3. The summed E-state index contributed by atoms with van der Waals surface area (Å²) < 4.78 is 34.1. The molecule has 0 radical (unpaired) electrons. The number of rotatable bonds is 3. The standard InChI is InChI=1S/C8H6O4.C5H6F3NO/c9-7(10)5-2-1-3-6(4-5)8(11)12;6-5(7,8)9-4(10)3-1-2-3/h1-4H,(H,9,10)(H,11,12);3H,1-2H2,(H,9,10). The van der Waals surface area contributed by atoms with E-state index >= 15 is 0 Å². The van der Waals surface area contributed by atoms with Gasteiger partial charge in [0.15, 0.2) is 0 Å². The zero-order valence-electron chi connectivity index (χ0n) is 11.1. The summed E-state index contributed by atoms with van der Waals surface area (Å²) >= 11 is 0. The predicted molar refractivity (Wildman–Crippen MR) is 67.3 cm³/mol. The van der Waals surface area contributed by atoms with Crippen LogP contribution >= 0.6 is 0 Å². The minimum Gasteiger partial charge on any atom is -0.478 e. The number of hydrogen-bond donors (Lipinski definition) is 3. The number of amides is 1. The highest BCUT2D eigenvalue weighted by Gasteiger charge is 2.37. The van der Waals surface area contributed by atoms with Crippen molar-refractivity contribution in [2.75, 3.05) is 0 Å². The third-order valence-corrected chi connectivity index (χ3v) is 2.57. The number of nitrogens with one attached hydrogen (secondary N) is 1. The lowest BCUT2D eigenvalue weighted by atomic mass is 10.1. The summed E-state index contributed by atoms with van der Waals surface area (Å²) in [4.78, 5) is 31.2. The van der Waals surface area contributed by atoms with Crippen molar-refractivity contribution in [3.63, 3.8) is 0 Å². The van der Waals surface area contributed by atoms with Crippen molar-refractivity contribution in [2.24, 2.45) is 5.92 Å². The second kappa shape index (κ2) is 6.92. The van der Waals surface area contributed by atoms with Gasteiger partial charge in [-0.2, -0.15) is 13.2 Å². The van der Waals surface area contributed by atoms with Gasteiger partial charge in [-0.3, -0.25) is 10.1 Å². The first-order valence-corrected chi connectivity index (χ1v) is 6.05. The normalized spacial score (nSPS) is 13.6. The van der Waals surface area contributed by atoms with Gasteiger partial charge >= 0.3 is 18.2 Å². The summed E-state index contributed by atoms with van der Waals surface area (Å²) in [6, 6.07) is 5.20. The van der Waals surface area contributed by atoms with Crippen molar-refractivity contribution in [3.8, 4) is 0 Å². The largest absolute Gasteiger partial charge is 0.484 e. The first kappa shape index (κ1) is 17.5. The fourth-order valence-electron chi connectivity index (χ4n) is 1.37. The molecule has 9 heteroatoms. The highest BCUT2D eigenvalue weighted by molar-refractivity contribution is 5.93. The third kappa shape index (κ3) is 6.25. The van der Waals surface area contributed by atoms with E-state index in [1.165, 1.54) is 18.2 Å². The van der Waals surface area contributed by atoms with E-state index in [1.54, 1.807) is 0 Å². The Balaban J connectivity index is 0.000000224. The van der Waals surface area contributed by atoms with Gasteiger partial charge in [0.05, 0.1) is 11.1 Å². The van der Waals surface area contributed by atoms with Crippen LogP contribution in [0.15, 0.2) is 24.3 Å². The molecular formula is C13H12F3NO5. The average Bonchev–Trinajstić information content (AvgIpc) is 3.21. The molecule has 0 heterocycles. The molecule has 1 aromatic rings. The average molecular weight is 319 g/mol. The van der Waals surface area contributed by atoms with Crippen LogP contribution < -0.4 is 5.32 Å². The second-order valence-electron chi connectivity index (χ2n) is 4.45. The molecule has 1 aromatic carbocycles. The molecule has 0 spiro atoms. The lowest BCUT2D eigenvalue weighted by Gasteiger charge is -2.06. The number of carboxylic acids is 2. The third-order valence-electron chi connectivity index (χ3n) is 2.57. The quantitative estimate of drug-likeness (QED) is 0.740. The Hall–Kier alpha value is -2.58. The van der Waals surface area contributed by atoms with Crippen molar-refractivity contribution in [1.82, 2.24) is 5.32 Å². The Morgan fingerprint density at radius 1 is 1.05 bits per heavy atom. The van der Waals surface area contributed by atoms with Crippen molar-refractivity contribution in [2.45, 2.75) is 19.1 Å². The van der Waals surface area contributed by atoms with Gasteiger partial charge in [0.25, 0.3) is 0 Å². The number of carboxylic acid groups (broad SMARTS) is 2. The number of carbonyl (C=O) groups excluding carboxylic acids is 1. The number of hydrogen-bond acceptors (Lipinski definition) is 3. The van der Waals surface area contributed by atoms with Crippen LogP contribution in [0.3, 0.4) is 0 Å². The van der Waals surface area contributed by atoms with Crippen LogP contribution in [-0.2, 0) is 4.79 Å². The van der Waals surface area contributed by atoms with Gasteiger partial charge in [0, 0.05) is 5.92 Å². The predicted octanol–water partition coefficient (Wildman–Crippen LogP) is 2.12. The molecule has 0 unspecified atom stereocenters. The molecule has 1 saturated carbocycles. The van der Waals surface area contributed by atoms with E-state index in [-0.39, 0.29) is 17.0 Å². The summed E-state index contributed by atoms with van der Waals surface area (Å²) in [6.45, 7) is 0. The lowest BCUT2D eigenvalue weighted by molar-refractivity contribution is -0.170. The van der Waals surface area contributed by atoms with E-state index in [0.29, 0.717) is 12.8 Å². The molecule has 6 nitrogen and oxygen atoms in total. The minimum atomic E-state index is -4.56. The number of halogens is 3. The highest BCUT2D eigenvalue weighted by atomic mass is 19.4. The zero-order valence-corrected chi connectivity index (χ0v) is 11.1. The van der Waals surface area contributed by atoms with E-state index in [1.807, 2.05) is 0 Å². The Bertz CT molecular complexity index is 552. The van der Waals surface area contributed by atoms with E-state index in [9.17, 15) is 27.6 Å². The van der Waals surface area contributed by atoms with Crippen LogP contribution in [0, 0.1) is 5.92 Å². The highest BCUT2D eigenvalue weighted by Crippen LogP contribution is 2.29. The molecule has 1 aliphatic rings. The molecule has 120 valence electrons. The van der Waals surface area contributed by atoms with E-state index in [2.05, 4.69) is 0 Å². The Morgan fingerprint density at radius 2 is 1.50 bits per heavy atom. The van der Waals surface area contributed by atoms with Crippen LogP contribution in [-0.4, -0.2) is 34.4 Å². The van der Waals surface area contributed by atoms with Gasteiger partial charge in [0.1, 0.15) is 0 Å². The van der Waals surface area contributed by atoms with Crippen molar-refractivity contribution < 1.29 is 37.8 Å². The SMILES string of the molecule is O=C(NC(F)(F)F)C1CC1.O=C(O)c1cccc(C(=O)O)c1. The smallest absolute Gasteiger partial charge is 0.478 e. The van der Waals surface area contributed by atoms with Gasteiger partial charge in [-0.1, -0.05) is 6.07 Å². The monoisotopic (exact) mass is 319 g/mol. The molecular weight excluding hydrogens is 307 g/mol. The summed E-state index contributed by atoms with van der Waals surface area (Å²) in [5.41, 5.74) is -0.0372. The molecule has 22 heavy (non-hydrogen) atoms. The van der Waals surface area contributed by atoms with E-state index in [4.69, 9.17) is 10.2 Å². The van der Waals surface area contributed by atoms with Crippen LogP contribution in [0.2, 0.25) is 0 Å². The first-order chi connectivity index (χ1) is 10.1. The molecule has 3 N–H and O–H groups in total. The van der Waals surface area contributed by atoms with Gasteiger partial charge in [-0.15, -0.1) is 0 Å². The molecule has 0 bridgehead atoms. The topological polar surface area (TPSA) is 104 Å². The van der Waals surface area contributed by atoms with E-state index < -0.39 is 24.1 Å².